The van der Waals surface area contributed by atoms with Crippen LogP contribution in [0.25, 0.3) is 0 Å². The van der Waals surface area contributed by atoms with Gasteiger partial charge < -0.3 is 29.4 Å². The molecule has 1 amide bonds. The van der Waals surface area contributed by atoms with Gasteiger partial charge >= 0.3 is 17.9 Å². The number of rotatable bonds is 15. The number of ether oxygens (including phenoxy) is 4. The van der Waals surface area contributed by atoms with E-state index in [0.717, 1.165) is 22.4 Å². The summed E-state index contributed by atoms with van der Waals surface area (Å²) in [6, 6.07) is 15.1. The molecule has 0 spiro atoms. The summed E-state index contributed by atoms with van der Waals surface area (Å²) in [4.78, 5) is 48.1. The van der Waals surface area contributed by atoms with Gasteiger partial charge in [0.2, 0.25) is 12.2 Å². The quantitative estimate of drug-likeness (QED) is 0.147. The Labute approximate surface area is 234 Å². The van der Waals surface area contributed by atoms with Crippen LogP contribution < -0.4 is 5.32 Å². The molecular formula is C30H37NO9. The maximum absolute atomic E-state index is 12.9. The number of hydrogen-bond donors (Lipinski definition) is 2. The number of carbonyl (C=O) groups is 4. The van der Waals surface area contributed by atoms with Gasteiger partial charge in [-0.1, -0.05) is 49.9 Å². The van der Waals surface area contributed by atoms with Crippen molar-refractivity contribution >= 4 is 29.5 Å². The zero-order chi connectivity index (χ0) is 29.7. The minimum atomic E-state index is -1.67. The van der Waals surface area contributed by atoms with E-state index in [1.54, 1.807) is 6.92 Å². The number of hydrogen-bond acceptors (Lipinski definition) is 9. The molecular weight excluding hydrogens is 518 g/mol. The SMILES string of the molecule is C=C(C)C(=O)OC(O)COC(=O)C(CC)(COC)COC(=O)Cc1ccc(Cc2ccc(NC(C)=O)cc2)cc1. The van der Waals surface area contributed by atoms with Gasteiger partial charge in [-0.3, -0.25) is 14.4 Å². The monoisotopic (exact) mass is 555 g/mol. The Morgan fingerprint density at radius 3 is 2.02 bits per heavy atom. The predicted molar refractivity (Wildman–Crippen MR) is 147 cm³/mol. The lowest BCUT2D eigenvalue weighted by atomic mass is 9.87. The molecule has 0 heterocycles. The molecule has 0 saturated carbocycles. The van der Waals surface area contributed by atoms with E-state index in [9.17, 15) is 24.3 Å². The van der Waals surface area contributed by atoms with Crippen molar-refractivity contribution in [3.63, 3.8) is 0 Å². The first kappa shape index (κ1) is 32.2. The summed E-state index contributed by atoms with van der Waals surface area (Å²) in [7, 11) is 1.40. The van der Waals surface area contributed by atoms with Crippen LogP contribution in [0.15, 0.2) is 60.7 Å². The molecule has 10 heteroatoms. The highest BCUT2D eigenvalue weighted by molar-refractivity contribution is 5.88. The first-order valence-corrected chi connectivity index (χ1v) is 12.8. The number of nitrogens with one attached hydrogen (secondary N) is 1. The van der Waals surface area contributed by atoms with E-state index in [1.807, 2.05) is 48.5 Å². The molecule has 2 aromatic carbocycles. The largest absolute Gasteiger partial charge is 0.464 e. The normalized spacial score (nSPS) is 12.9. The maximum Gasteiger partial charge on any atom is 0.335 e. The summed E-state index contributed by atoms with van der Waals surface area (Å²) in [5, 5.41) is 12.6. The van der Waals surface area contributed by atoms with Crippen LogP contribution in [0.3, 0.4) is 0 Å². The molecule has 0 radical (unpaired) electrons. The van der Waals surface area contributed by atoms with Gasteiger partial charge in [-0.2, -0.15) is 0 Å². The number of methoxy groups -OCH3 is 1. The molecule has 40 heavy (non-hydrogen) atoms. The van der Waals surface area contributed by atoms with Crippen LogP contribution in [0.1, 0.15) is 43.9 Å². The van der Waals surface area contributed by atoms with Gasteiger partial charge in [0.25, 0.3) is 0 Å². The summed E-state index contributed by atoms with van der Waals surface area (Å²) < 4.78 is 20.5. The smallest absolute Gasteiger partial charge is 0.335 e. The molecule has 0 aliphatic carbocycles. The second kappa shape index (κ2) is 15.5. The average Bonchev–Trinajstić information content (AvgIpc) is 2.91. The third kappa shape index (κ3) is 10.3. The highest BCUT2D eigenvalue weighted by Crippen LogP contribution is 2.26. The summed E-state index contributed by atoms with van der Waals surface area (Å²) in [6.07, 6.45) is -0.749. The molecule has 0 aliphatic heterocycles. The molecule has 2 N–H and O–H groups in total. The number of aliphatic hydroxyl groups excluding tert-OH is 1. The Hall–Kier alpha value is -4.02. The minimum Gasteiger partial charge on any atom is -0.464 e. The molecule has 2 unspecified atom stereocenters. The van der Waals surface area contributed by atoms with Crippen molar-refractivity contribution in [2.24, 2.45) is 5.41 Å². The van der Waals surface area contributed by atoms with Crippen LogP contribution in [0, 0.1) is 5.41 Å². The highest BCUT2D eigenvalue weighted by atomic mass is 16.7. The lowest BCUT2D eigenvalue weighted by Crippen LogP contribution is -2.43. The van der Waals surface area contributed by atoms with Crippen LogP contribution in [0.4, 0.5) is 5.69 Å². The van der Waals surface area contributed by atoms with Gasteiger partial charge in [0, 0.05) is 25.3 Å². The first-order chi connectivity index (χ1) is 19.0. The van der Waals surface area contributed by atoms with Gasteiger partial charge in [-0.15, -0.1) is 0 Å². The van der Waals surface area contributed by atoms with Crippen molar-refractivity contribution in [3.8, 4) is 0 Å². The molecule has 2 atom stereocenters. The number of amides is 1. The summed E-state index contributed by atoms with van der Waals surface area (Å²) >= 11 is 0. The Morgan fingerprint density at radius 1 is 0.925 bits per heavy atom. The van der Waals surface area contributed by atoms with E-state index in [-0.39, 0.29) is 37.5 Å². The van der Waals surface area contributed by atoms with E-state index >= 15 is 0 Å². The molecule has 0 saturated heterocycles. The average molecular weight is 556 g/mol. The molecule has 10 nitrogen and oxygen atoms in total. The Kier molecular flexibility index (Phi) is 12.5. The van der Waals surface area contributed by atoms with Crippen molar-refractivity contribution in [2.45, 2.75) is 46.3 Å². The van der Waals surface area contributed by atoms with Gasteiger partial charge in [0.15, 0.2) is 6.61 Å². The van der Waals surface area contributed by atoms with E-state index < -0.39 is 36.2 Å². The van der Waals surface area contributed by atoms with Crippen LogP contribution in [0.5, 0.6) is 0 Å². The first-order valence-electron chi connectivity index (χ1n) is 12.8. The lowest BCUT2D eigenvalue weighted by molar-refractivity contribution is -0.188. The molecule has 2 aromatic rings. The van der Waals surface area contributed by atoms with E-state index in [1.165, 1.54) is 21.0 Å². The van der Waals surface area contributed by atoms with Crippen LogP contribution in [0.2, 0.25) is 0 Å². The summed E-state index contributed by atoms with van der Waals surface area (Å²) in [5.74, 6) is -2.23. The van der Waals surface area contributed by atoms with E-state index in [4.69, 9.17) is 18.9 Å². The van der Waals surface area contributed by atoms with Crippen molar-refractivity contribution in [2.75, 3.05) is 32.2 Å². The molecule has 0 aliphatic rings. The van der Waals surface area contributed by atoms with Crippen LogP contribution >= 0.6 is 0 Å². The van der Waals surface area contributed by atoms with Crippen molar-refractivity contribution in [1.82, 2.24) is 0 Å². The second-order valence-corrected chi connectivity index (χ2v) is 9.51. The standard InChI is InChI=1S/C30H37NO9/c1-6-30(18-37-5,29(36)38-17-27(34)40-28(35)20(2)3)19-39-26(33)16-24-9-7-22(8-10-24)15-23-11-13-25(14-12-23)31-21(4)32/h7-14,27,34H,2,6,15-19H2,1,3-5H3,(H,31,32). The number of esters is 3. The Balaban J connectivity index is 1.91. The number of benzene rings is 2. The van der Waals surface area contributed by atoms with Gasteiger partial charge in [0.05, 0.1) is 13.0 Å². The van der Waals surface area contributed by atoms with Crippen LogP contribution in [-0.4, -0.2) is 62.1 Å². The Bertz CT molecular complexity index is 1170. The predicted octanol–water partition coefficient (Wildman–Crippen LogP) is 3.35. The third-order valence-corrected chi connectivity index (χ3v) is 6.04. The fourth-order valence-corrected chi connectivity index (χ4v) is 3.70. The third-order valence-electron chi connectivity index (χ3n) is 6.04. The zero-order valence-electron chi connectivity index (χ0n) is 23.4. The Morgan fingerprint density at radius 2 is 1.50 bits per heavy atom. The van der Waals surface area contributed by atoms with E-state index in [2.05, 4.69) is 11.9 Å². The van der Waals surface area contributed by atoms with Gasteiger partial charge in [-0.25, -0.2) is 4.79 Å². The minimum absolute atomic E-state index is 0.00306. The molecule has 2 rings (SSSR count). The number of aliphatic hydroxyl groups is 1. The molecule has 0 fully saturated rings. The van der Waals surface area contributed by atoms with Crippen LogP contribution in [-0.2, 0) is 51.0 Å². The van der Waals surface area contributed by atoms with Gasteiger partial charge in [0.1, 0.15) is 12.0 Å². The fourth-order valence-electron chi connectivity index (χ4n) is 3.70. The second-order valence-electron chi connectivity index (χ2n) is 9.51. The molecule has 0 bridgehead atoms. The van der Waals surface area contributed by atoms with Crippen molar-refractivity contribution in [1.29, 1.82) is 0 Å². The van der Waals surface area contributed by atoms with Gasteiger partial charge in [-0.05, 0) is 48.6 Å². The summed E-state index contributed by atoms with van der Waals surface area (Å²) in [5.41, 5.74) is 2.38. The number of anilines is 1. The highest BCUT2D eigenvalue weighted by Gasteiger charge is 2.40. The summed E-state index contributed by atoms with van der Waals surface area (Å²) in [6.45, 7) is 7.04. The fraction of sp³-hybridized carbons (Fsp3) is 0.400. The maximum atomic E-state index is 12.9. The van der Waals surface area contributed by atoms with Crippen molar-refractivity contribution in [3.05, 3.63) is 77.4 Å². The topological polar surface area (TPSA) is 137 Å². The van der Waals surface area contributed by atoms with Crippen molar-refractivity contribution < 1.29 is 43.2 Å². The molecule has 216 valence electrons. The van der Waals surface area contributed by atoms with E-state index in [0.29, 0.717) is 6.42 Å². The zero-order valence-corrected chi connectivity index (χ0v) is 23.4. The lowest BCUT2D eigenvalue weighted by Gasteiger charge is -2.29. The molecule has 0 aromatic heterocycles. The number of carbonyl (C=O) groups excluding carboxylic acids is 4.